The van der Waals surface area contributed by atoms with Crippen molar-refractivity contribution in [2.45, 2.75) is 26.2 Å². The predicted octanol–water partition coefficient (Wildman–Crippen LogP) is 2.84. The molecule has 0 unspecified atom stereocenters. The molecule has 2 aromatic rings. The average molecular weight is 256 g/mol. The van der Waals surface area contributed by atoms with Gasteiger partial charge in [0.05, 0.1) is 5.52 Å². The molecule has 1 saturated heterocycles. The standard InChI is InChI=1S/C15H20N4/c1-2-11-7-9-19(10-8-11)14-12-5-3-4-6-13(12)17-15(16)18-14/h3-6,11H,2,7-10H2,1H3,(H2,16,17,18). The number of hydrogen-bond acceptors (Lipinski definition) is 4. The van der Waals surface area contributed by atoms with Gasteiger partial charge in [0.1, 0.15) is 5.82 Å². The van der Waals surface area contributed by atoms with Crippen LogP contribution in [0.3, 0.4) is 0 Å². The van der Waals surface area contributed by atoms with Crippen LogP contribution in [0.4, 0.5) is 11.8 Å². The Kier molecular flexibility index (Phi) is 3.23. The molecule has 4 heteroatoms. The summed E-state index contributed by atoms with van der Waals surface area (Å²) in [6, 6.07) is 8.09. The Morgan fingerprint density at radius 2 is 1.95 bits per heavy atom. The van der Waals surface area contributed by atoms with Crippen LogP contribution in [0, 0.1) is 5.92 Å². The van der Waals surface area contributed by atoms with E-state index in [4.69, 9.17) is 5.73 Å². The Balaban J connectivity index is 1.96. The van der Waals surface area contributed by atoms with E-state index in [0.29, 0.717) is 5.95 Å². The van der Waals surface area contributed by atoms with Crippen molar-refractivity contribution in [3.63, 3.8) is 0 Å². The van der Waals surface area contributed by atoms with Crippen LogP contribution in [0.15, 0.2) is 24.3 Å². The molecule has 4 nitrogen and oxygen atoms in total. The number of para-hydroxylation sites is 1. The zero-order chi connectivity index (χ0) is 13.2. The fraction of sp³-hybridized carbons (Fsp3) is 0.467. The number of piperidine rings is 1. The first-order chi connectivity index (χ1) is 9.28. The number of benzene rings is 1. The summed E-state index contributed by atoms with van der Waals surface area (Å²) in [7, 11) is 0. The Labute approximate surface area is 113 Å². The third kappa shape index (κ3) is 2.35. The van der Waals surface area contributed by atoms with Crippen LogP contribution in [0.25, 0.3) is 10.9 Å². The maximum absolute atomic E-state index is 5.84. The molecule has 0 atom stereocenters. The fourth-order valence-corrected chi connectivity index (χ4v) is 2.87. The van der Waals surface area contributed by atoms with Gasteiger partial charge in [-0.3, -0.25) is 0 Å². The maximum Gasteiger partial charge on any atom is 0.222 e. The van der Waals surface area contributed by atoms with E-state index in [2.05, 4.69) is 27.9 Å². The molecular weight excluding hydrogens is 236 g/mol. The van der Waals surface area contributed by atoms with Crippen LogP contribution in [-0.4, -0.2) is 23.1 Å². The molecule has 1 aliphatic heterocycles. The molecule has 100 valence electrons. The Hall–Kier alpha value is -1.84. The quantitative estimate of drug-likeness (QED) is 0.897. The SMILES string of the molecule is CCC1CCN(c2nc(N)nc3ccccc23)CC1. The van der Waals surface area contributed by atoms with Crippen molar-refractivity contribution in [1.29, 1.82) is 0 Å². The number of aromatic nitrogens is 2. The summed E-state index contributed by atoms with van der Waals surface area (Å²) < 4.78 is 0. The zero-order valence-electron chi connectivity index (χ0n) is 11.3. The van der Waals surface area contributed by atoms with Crippen LogP contribution in [-0.2, 0) is 0 Å². The fourth-order valence-electron chi connectivity index (χ4n) is 2.87. The van der Waals surface area contributed by atoms with E-state index in [1.165, 1.54) is 19.3 Å². The molecule has 1 aromatic heterocycles. The lowest BCUT2D eigenvalue weighted by atomic mass is 9.94. The van der Waals surface area contributed by atoms with Crippen molar-refractivity contribution >= 4 is 22.7 Å². The number of fused-ring (bicyclic) bond motifs is 1. The first kappa shape index (κ1) is 12.2. The van der Waals surface area contributed by atoms with Crippen molar-refractivity contribution in [3.8, 4) is 0 Å². The third-order valence-corrected chi connectivity index (χ3v) is 4.09. The van der Waals surface area contributed by atoms with Crippen molar-refractivity contribution < 1.29 is 0 Å². The molecule has 2 heterocycles. The van der Waals surface area contributed by atoms with Crippen LogP contribution in [0.2, 0.25) is 0 Å². The van der Waals surface area contributed by atoms with Gasteiger partial charge in [-0.25, -0.2) is 4.98 Å². The van der Waals surface area contributed by atoms with Gasteiger partial charge in [0.2, 0.25) is 5.95 Å². The first-order valence-electron chi connectivity index (χ1n) is 7.05. The largest absolute Gasteiger partial charge is 0.368 e. The molecule has 19 heavy (non-hydrogen) atoms. The Bertz CT molecular complexity index is 573. The number of rotatable bonds is 2. The molecule has 0 amide bonds. The topological polar surface area (TPSA) is 55.0 Å². The minimum atomic E-state index is 0.367. The number of nitrogens with two attached hydrogens (primary N) is 1. The Morgan fingerprint density at radius 3 is 2.68 bits per heavy atom. The zero-order valence-corrected chi connectivity index (χ0v) is 11.3. The summed E-state index contributed by atoms with van der Waals surface area (Å²) in [4.78, 5) is 11.1. The number of nitrogens with zero attached hydrogens (tertiary/aromatic N) is 3. The summed E-state index contributed by atoms with van der Waals surface area (Å²) in [5, 5.41) is 1.10. The summed E-state index contributed by atoms with van der Waals surface area (Å²) in [6.45, 7) is 4.41. The van der Waals surface area contributed by atoms with Gasteiger partial charge in [-0.2, -0.15) is 4.98 Å². The van der Waals surface area contributed by atoms with E-state index < -0.39 is 0 Å². The molecule has 3 rings (SSSR count). The molecule has 1 aliphatic rings. The molecule has 0 saturated carbocycles. The minimum absolute atomic E-state index is 0.367. The monoisotopic (exact) mass is 256 g/mol. The molecule has 0 spiro atoms. The van der Waals surface area contributed by atoms with Gasteiger partial charge in [-0.15, -0.1) is 0 Å². The lowest BCUT2D eigenvalue weighted by molar-refractivity contribution is 0.394. The average Bonchev–Trinajstić information content (AvgIpc) is 2.46. The molecular formula is C15H20N4. The van der Waals surface area contributed by atoms with E-state index in [-0.39, 0.29) is 0 Å². The van der Waals surface area contributed by atoms with E-state index in [1.54, 1.807) is 0 Å². The van der Waals surface area contributed by atoms with E-state index in [0.717, 1.165) is 35.7 Å². The van der Waals surface area contributed by atoms with Gasteiger partial charge in [0.15, 0.2) is 0 Å². The van der Waals surface area contributed by atoms with Crippen molar-refractivity contribution in [1.82, 2.24) is 9.97 Å². The normalized spacial score (nSPS) is 17.0. The van der Waals surface area contributed by atoms with Gasteiger partial charge in [-0.1, -0.05) is 25.5 Å². The highest BCUT2D eigenvalue weighted by molar-refractivity contribution is 5.90. The second kappa shape index (κ2) is 5.03. The number of anilines is 2. The van der Waals surface area contributed by atoms with Crippen LogP contribution >= 0.6 is 0 Å². The molecule has 0 bridgehead atoms. The number of nitrogen functional groups attached to an aromatic ring is 1. The smallest absolute Gasteiger partial charge is 0.222 e. The first-order valence-corrected chi connectivity index (χ1v) is 7.05. The molecule has 1 fully saturated rings. The van der Waals surface area contributed by atoms with E-state index in [1.807, 2.05) is 18.2 Å². The molecule has 1 aromatic carbocycles. The molecule has 0 aliphatic carbocycles. The van der Waals surface area contributed by atoms with Crippen molar-refractivity contribution in [2.75, 3.05) is 23.7 Å². The molecule has 2 N–H and O–H groups in total. The van der Waals surface area contributed by atoms with Crippen LogP contribution < -0.4 is 10.6 Å². The summed E-state index contributed by atoms with van der Waals surface area (Å²) in [5.41, 5.74) is 6.77. The van der Waals surface area contributed by atoms with E-state index >= 15 is 0 Å². The van der Waals surface area contributed by atoms with Gasteiger partial charge in [0, 0.05) is 18.5 Å². The Morgan fingerprint density at radius 1 is 1.21 bits per heavy atom. The van der Waals surface area contributed by atoms with Crippen LogP contribution in [0.5, 0.6) is 0 Å². The second-order valence-corrected chi connectivity index (χ2v) is 5.26. The minimum Gasteiger partial charge on any atom is -0.368 e. The predicted molar refractivity (Wildman–Crippen MR) is 79.2 cm³/mol. The maximum atomic E-state index is 5.84. The molecule has 0 radical (unpaired) electrons. The number of hydrogen-bond donors (Lipinski definition) is 1. The third-order valence-electron chi connectivity index (χ3n) is 4.09. The lowest BCUT2D eigenvalue weighted by Crippen LogP contribution is -2.34. The van der Waals surface area contributed by atoms with Crippen molar-refractivity contribution in [3.05, 3.63) is 24.3 Å². The van der Waals surface area contributed by atoms with Gasteiger partial charge in [-0.05, 0) is 30.9 Å². The van der Waals surface area contributed by atoms with E-state index in [9.17, 15) is 0 Å². The lowest BCUT2D eigenvalue weighted by Gasteiger charge is -2.33. The highest BCUT2D eigenvalue weighted by Crippen LogP contribution is 2.29. The summed E-state index contributed by atoms with van der Waals surface area (Å²) in [6.07, 6.45) is 3.77. The van der Waals surface area contributed by atoms with Gasteiger partial charge < -0.3 is 10.6 Å². The van der Waals surface area contributed by atoms with Crippen LogP contribution in [0.1, 0.15) is 26.2 Å². The second-order valence-electron chi connectivity index (χ2n) is 5.26. The van der Waals surface area contributed by atoms with Gasteiger partial charge in [0.25, 0.3) is 0 Å². The van der Waals surface area contributed by atoms with Gasteiger partial charge >= 0.3 is 0 Å². The highest BCUT2D eigenvalue weighted by Gasteiger charge is 2.20. The highest BCUT2D eigenvalue weighted by atomic mass is 15.2. The summed E-state index contributed by atoms with van der Waals surface area (Å²) in [5.74, 6) is 2.23. The summed E-state index contributed by atoms with van der Waals surface area (Å²) >= 11 is 0. The van der Waals surface area contributed by atoms with Crippen molar-refractivity contribution in [2.24, 2.45) is 5.92 Å².